The number of nitrogens with one attached hydrogen (secondary N) is 1. The van der Waals surface area contributed by atoms with Gasteiger partial charge in [0.2, 0.25) is 5.76 Å². The molecule has 0 aliphatic heterocycles. The lowest BCUT2D eigenvalue weighted by molar-refractivity contribution is 0.0660. The molecule has 2 N–H and O–H groups in total. The van der Waals surface area contributed by atoms with Crippen LogP contribution in [0.4, 0.5) is 0 Å². The lowest BCUT2D eigenvalue weighted by atomic mass is 10.1. The number of fused-ring (bicyclic) bond motifs is 1. The summed E-state index contributed by atoms with van der Waals surface area (Å²) in [5, 5.41) is 9.85. The van der Waals surface area contributed by atoms with Crippen molar-refractivity contribution in [1.29, 1.82) is 0 Å². The van der Waals surface area contributed by atoms with Crippen molar-refractivity contribution in [3.63, 3.8) is 0 Å². The Balaban J connectivity index is 1.93. The van der Waals surface area contributed by atoms with E-state index >= 15 is 0 Å². The zero-order valence-corrected chi connectivity index (χ0v) is 9.38. The van der Waals surface area contributed by atoms with Gasteiger partial charge in [0.05, 0.1) is 12.6 Å². The molecule has 2 aromatic heterocycles. The van der Waals surface area contributed by atoms with Crippen LogP contribution in [-0.2, 0) is 6.42 Å². The summed E-state index contributed by atoms with van der Waals surface area (Å²) in [7, 11) is 0. The molecule has 0 aliphatic rings. The predicted octanol–water partition coefficient (Wildman–Crippen LogP) is 2.44. The van der Waals surface area contributed by atoms with Crippen LogP contribution < -0.4 is 0 Å². The van der Waals surface area contributed by atoms with E-state index in [1.54, 1.807) is 0 Å². The van der Waals surface area contributed by atoms with Crippen LogP contribution in [0.1, 0.15) is 22.0 Å². The van der Waals surface area contributed by atoms with Crippen molar-refractivity contribution in [2.75, 3.05) is 0 Å². The van der Waals surface area contributed by atoms with Crippen LogP contribution in [0, 0.1) is 0 Å². The first-order valence-corrected chi connectivity index (χ1v) is 5.47. The van der Waals surface area contributed by atoms with Crippen molar-refractivity contribution < 1.29 is 14.3 Å². The highest BCUT2D eigenvalue weighted by Gasteiger charge is 2.12. The largest absolute Gasteiger partial charge is 0.475 e. The SMILES string of the molecule is O=C(O)c1cnc(Cc2c[nH]c3ccccc23)o1. The minimum Gasteiger partial charge on any atom is -0.475 e. The van der Waals surface area contributed by atoms with E-state index in [9.17, 15) is 4.79 Å². The summed E-state index contributed by atoms with van der Waals surface area (Å²) in [6.45, 7) is 0. The van der Waals surface area contributed by atoms with E-state index in [-0.39, 0.29) is 5.76 Å². The Kier molecular flexibility index (Phi) is 2.37. The normalized spacial score (nSPS) is 10.9. The number of para-hydroxylation sites is 1. The zero-order valence-electron chi connectivity index (χ0n) is 9.38. The maximum atomic E-state index is 10.7. The van der Waals surface area contributed by atoms with Gasteiger partial charge < -0.3 is 14.5 Å². The average Bonchev–Trinajstić information content (AvgIpc) is 2.98. The molecular formula is C13H10N2O3. The third-order valence-electron chi connectivity index (χ3n) is 2.78. The zero-order chi connectivity index (χ0) is 12.5. The van der Waals surface area contributed by atoms with Crippen molar-refractivity contribution in [3.05, 3.63) is 53.9 Å². The van der Waals surface area contributed by atoms with Gasteiger partial charge in [0, 0.05) is 17.1 Å². The standard InChI is InChI=1S/C13H10N2O3/c16-13(17)11-7-15-12(18-11)5-8-6-14-10-4-2-1-3-9(8)10/h1-4,6-7,14H,5H2,(H,16,17). The average molecular weight is 242 g/mol. The third-order valence-corrected chi connectivity index (χ3v) is 2.78. The molecule has 0 aliphatic carbocycles. The molecule has 0 radical (unpaired) electrons. The summed E-state index contributed by atoms with van der Waals surface area (Å²) >= 11 is 0. The van der Waals surface area contributed by atoms with E-state index < -0.39 is 5.97 Å². The highest BCUT2D eigenvalue weighted by molar-refractivity contribution is 5.84. The molecule has 5 heteroatoms. The van der Waals surface area contributed by atoms with Gasteiger partial charge in [-0.25, -0.2) is 9.78 Å². The molecule has 0 spiro atoms. The van der Waals surface area contributed by atoms with Crippen LogP contribution in [0.5, 0.6) is 0 Å². The topological polar surface area (TPSA) is 79.1 Å². The summed E-state index contributed by atoms with van der Waals surface area (Å²) in [6.07, 6.45) is 3.58. The Bertz CT molecular complexity index is 712. The first kappa shape index (κ1) is 10.6. The summed E-state index contributed by atoms with van der Waals surface area (Å²) in [4.78, 5) is 17.8. The number of aromatic carboxylic acids is 1. The summed E-state index contributed by atoms with van der Waals surface area (Å²) < 4.78 is 5.14. The number of hydrogen-bond acceptors (Lipinski definition) is 3. The molecule has 0 saturated heterocycles. The molecule has 3 rings (SSSR count). The molecule has 0 bridgehead atoms. The summed E-state index contributed by atoms with van der Waals surface area (Å²) in [5.74, 6) is -0.838. The molecule has 1 aromatic carbocycles. The van der Waals surface area contributed by atoms with E-state index in [4.69, 9.17) is 9.52 Å². The molecule has 90 valence electrons. The van der Waals surface area contributed by atoms with Crippen molar-refractivity contribution >= 4 is 16.9 Å². The van der Waals surface area contributed by atoms with Gasteiger partial charge in [-0.1, -0.05) is 18.2 Å². The number of carbonyl (C=O) groups is 1. The Hall–Kier alpha value is -2.56. The fraction of sp³-hybridized carbons (Fsp3) is 0.0769. The van der Waals surface area contributed by atoms with E-state index in [0.29, 0.717) is 12.3 Å². The number of oxazole rings is 1. The first-order chi connectivity index (χ1) is 8.74. The minimum atomic E-state index is -1.10. The van der Waals surface area contributed by atoms with Crippen LogP contribution in [0.15, 0.2) is 41.1 Å². The third kappa shape index (κ3) is 1.75. The number of benzene rings is 1. The van der Waals surface area contributed by atoms with Gasteiger partial charge in [-0.2, -0.15) is 0 Å². The number of carboxylic acid groups (broad SMARTS) is 1. The first-order valence-electron chi connectivity index (χ1n) is 5.47. The van der Waals surface area contributed by atoms with Crippen LogP contribution in [0.3, 0.4) is 0 Å². The molecule has 0 atom stereocenters. The van der Waals surface area contributed by atoms with Gasteiger partial charge in [0.1, 0.15) is 0 Å². The minimum absolute atomic E-state index is 0.134. The van der Waals surface area contributed by atoms with Gasteiger partial charge in [-0.05, 0) is 11.6 Å². The van der Waals surface area contributed by atoms with Crippen molar-refractivity contribution in [3.8, 4) is 0 Å². The van der Waals surface area contributed by atoms with Crippen molar-refractivity contribution in [2.24, 2.45) is 0 Å². The van der Waals surface area contributed by atoms with Crippen LogP contribution in [0.2, 0.25) is 0 Å². The van der Waals surface area contributed by atoms with E-state index in [0.717, 1.165) is 16.5 Å². The fourth-order valence-electron chi connectivity index (χ4n) is 1.93. The molecule has 2 heterocycles. The maximum absolute atomic E-state index is 10.7. The van der Waals surface area contributed by atoms with Gasteiger partial charge >= 0.3 is 5.97 Å². The van der Waals surface area contributed by atoms with Gasteiger partial charge in [0.25, 0.3) is 0 Å². The lowest BCUT2D eigenvalue weighted by Gasteiger charge is -1.94. The maximum Gasteiger partial charge on any atom is 0.373 e. The molecular weight excluding hydrogens is 232 g/mol. The molecule has 0 fully saturated rings. The fourth-order valence-corrected chi connectivity index (χ4v) is 1.93. The van der Waals surface area contributed by atoms with E-state index in [1.807, 2.05) is 30.5 Å². The summed E-state index contributed by atoms with van der Waals surface area (Å²) in [6, 6.07) is 7.90. The number of hydrogen-bond donors (Lipinski definition) is 2. The monoisotopic (exact) mass is 242 g/mol. The van der Waals surface area contributed by atoms with Crippen LogP contribution in [0.25, 0.3) is 10.9 Å². The highest BCUT2D eigenvalue weighted by Crippen LogP contribution is 2.20. The number of aromatic amines is 1. The number of rotatable bonds is 3. The number of H-pyrrole nitrogens is 1. The second-order valence-electron chi connectivity index (χ2n) is 3.96. The molecule has 18 heavy (non-hydrogen) atoms. The van der Waals surface area contributed by atoms with E-state index in [2.05, 4.69) is 9.97 Å². The van der Waals surface area contributed by atoms with Crippen LogP contribution in [-0.4, -0.2) is 21.0 Å². The second kappa shape index (κ2) is 4.03. The lowest BCUT2D eigenvalue weighted by Crippen LogP contribution is -1.92. The Morgan fingerprint density at radius 2 is 2.22 bits per heavy atom. The number of carboxylic acids is 1. The van der Waals surface area contributed by atoms with E-state index in [1.165, 1.54) is 6.20 Å². The number of aromatic nitrogens is 2. The molecule has 0 amide bonds. The van der Waals surface area contributed by atoms with Crippen LogP contribution >= 0.6 is 0 Å². The number of nitrogens with zero attached hydrogens (tertiary/aromatic N) is 1. The highest BCUT2D eigenvalue weighted by atomic mass is 16.4. The molecule has 0 unspecified atom stereocenters. The quantitative estimate of drug-likeness (QED) is 0.739. The van der Waals surface area contributed by atoms with Crippen molar-refractivity contribution in [2.45, 2.75) is 6.42 Å². The summed E-state index contributed by atoms with van der Waals surface area (Å²) in [5.41, 5.74) is 2.07. The Labute approximate surface area is 102 Å². The second-order valence-corrected chi connectivity index (χ2v) is 3.96. The van der Waals surface area contributed by atoms with Gasteiger partial charge in [0.15, 0.2) is 5.89 Å². The Morgan fingerprint density at radius 3 is 3.00 bits per heavy atom. The Morgan fingerprint density at radius 1 is 1.39 bits per heavy atom. The van der Waals surface area contributed by atoms with Crippen molar-refractivity contribution in [1.82, 2.24) is 9.97 Å². The smallest absolute Gasteiger partial charge is 0.373 e. The van der Waals surface area contributed by atoms with Gasteiger partial charge in [-0.15, -0.1) is 0 Å². The molecule has 0 saturated carbocycles. The molecule has 3 aromatic rings. The molecule has 5 nitrogen and oxygen atoms in total. The van der Waals surface area contributed by atoms with Gasteiger partial charge in [-0.3, -0.25) is 0 Å². The predicted molar refractivity (Wildman–Crippen MR) is 64.6 cm³/mol.